The first-order valence-electron chi connectivity index (χ1n) is 13.6. The first-order chi connectivity index (χ1) is 19.4. The summed E-state index contributed by atoms with van der Waals surface area (Å²) in [4.78, 5) is 17.7. The van der Waals surface area contributed by atoms with Crippen LogP contribution in [0.1, 0.15) is 40.3 Å². The molecule has 2 N–H and O–H groups in total. The van der Waals surface area contributed by atoms with Crippen molar-refractivity contribution in [2.24, 2.45) is 0 Å². The van der Waals surface area contributed by atoms with Gasteiger partial charge in [0.05, 0.1) is 36.3 Å². The molecule has 3 aromatic rings. The summed E-state index contributed by atoms with van der Waals surface area (Å²) >= 11 is 6.31. The molecule has 1 saturated heterocycles. The van der Waals surface area contributed by atoms with Gasteiger partial charge in [0.15, 0.2) is 0 Å². The van der Waals surface area contributed by atoms with Crippen LogP contribution >= 0.6 is 11.6 Å². The van der Waals surface area contributed by atoms with Crippen molar-refractivity contribution in [3.63, 3.8) is 0 Å². The van der Waals surface area contributed by atoms with Crippen LogP contribution in [0.2, 0.25) is 5.02 Å². The van der Waals surface area contributed by atoms with Crippen LogP contribution in [0.4, 0.5) is 5.69 Å². The van der Waals surface area contributed by atoms with Gasteiger partial charge in [0.25, 0.3) is 10.0 Å². The number of rotatable bonds is 10. The summed E-state index contributed by atoms with van der Waals surface area (Å²) < 4.78 is 35.3. The minimum Gasteiger partial charge on any atom is -0.496 e. The zero-order chi connectivity index (χ0) is 29.9. The lowest BCUT2D eigenvalue weighted by Crippen LogP contribution is -2.39. The summed E-state index contributed by atoms with van der Waals surface area (Å²) in [6.45, 7) is 7.28. The van der Waals surface area contributed by atoms with E-state index in [9.17, 15) is 18.3 Å². The van der Waals surface area contributed by atoms with Crippen molar-refractivity contribution in [2.75, 3.05) is 38.5 Å². The van der Waals surface area contributed by atoms with Gasteiger partial charge >= 0.3 is 0 Å². The molecule has 10 heteroatoms. The average molecular weight is 600 g/mol. The molecule has 1 aliphatic rings. The summed E-state index contributed by atoms with van der Waals surface area (Å²) in [6, 6.07) is 15.9. The highest BCUT2D eigenvalue weighted by Gasteiger charge is 2.29. The number of likely N-dealkylation sites (N-methyl/N-ethyl adjacent to an activating group) is 1. The van der Waals surface area contributed by atoms with Gasteiger partial charge in [-0.05, 0) is 79.3 Å². The van der Waals surface area contributed by atoms with E-state index in [1.165, 1.54) is 0 Å². The van der Waals surface area contributed by atoms with E-state index < -0.39 is 10.0 Å². The van der Waals surface area contributed by atoms with Crippen LogP contribution in [-0.4, -0.2) is 69.1 Å². The molecule has 1 amide bonds. The Labute approximate surface area is 247 Å². The molecule has 0 aliphatic carbocycles. The normalized spacial score (nSPS) is 16.4. The van der Waals surface area contributed by atoms with E-state index >= 15 is 0 Å². The predicted molar refractivity (Wildman–Crippen MR) is 162 cm³/mol. The smallest absolute Gasteiger partial charge is 0.262 e. The molecule has 4 rings (SSSR count). The van der Waals surface area contributed by atoms with Crippen molar-refractivity contribution in [2.45, 2.75) is 50.7 Å². The van der Waals surface area contributed by atoms with E-state index in [1.807, 2.05) is 37.3 Å². The molecule has 0 bridgehead atoms. The number of amides is 1. The molecule has 0 saturated carbocycles. The molecule has 3 aromatic carbocycles. The number of aliphatic hydroxyl groups is 1. The summed E-state index contributed by atoms with van der Waals surface area (Å²) in [7, 11) is -0.671. The van der Waals surface area contributed by atoms with E-state index in [0.29, 0.717) is 52.7 Å². The number of halogens is 1. The number of nitrogens with zero attached hydrogens (tertiary/aromatic N) is 2. The number of sulfonamides is 1. The number of hydrogen-bond acceptors (Lipinski definition) is 6. The van der Waals surface area contributed by atoms with Gasteiger partial charge < -0.3 is 14.7 Å². The SMILES string of the molecule is COc1c(C)cc(S(=O)(=O)Nc2ccc(Cl)cc2CC(=O)N(C)[C@H](CN2CC[C@H](O)C2)c2ccccc2)c(C)c1C. The number of carbonyl (C=O) groups excluding carboxylic acids is 1. The summed E-state index contributed by atoms with van der Waals surface area (Å²) in [5.41, 5.74) is 3.79. The fourth-order valence-electron chi connectivity index (χ4n) is 5.43. The third kappa shape index (κ3) is 7.04. The van der Waals surface area contributed by atoms with Crippen LogP contribution in [0.15, 0.2) is 59.5 Å². The fraction of sp³-hybridized carbons (Fsp3) is 0.387. The van der Waals surface area contributed by atoms with E-state index in [-0.39, 0.29) is 29.4 Å². The van der Waals surface area contributed by atoms with Crippen molar-refractivity contribution < 1.29 is 23.1 Å². The maximum absolute atomic E-state index is 13.7. The second-order valence-corrected chi connectivity index (χ2v) is 12.8. The molecular formula is C31H38ClN3O5S. The lowest BCUT2D eigenvalue weighted by molar-refractivity contribution is -0.131. The largest absolute Gasteiger partial charge is 0.496 e. The average Bonchev–Trinajstić information content (AvgIpc) is 3.35. The van der Waals surface area contributed by atoms with Crippen LogP contribution in [0.5, 0.6) is 5.75 Å². The maximum Gasteiger partial charge on any atom is 0.262 e. The van der Waals surface area contributed by atoms with Crippen LogP contribution in [0, 0.1) is 20.8 Å². The monoisotopic (exact) mass is 599 g/mol. The summed E-state index contributed by atoms with van der Waals surface area (Å²) in [5, 5.41) is 10.4. The molecular weight excluding hydrogens is 562 g/mol. The number of ether oxygens (including phenoxy) is 1. The van der Waals surface area contributed by atoms with Crippen LogP contribution in [-0.2, 0) is 21.2 Å². The fourth-order valence-corrected chi connectivity index (χ4v) is 7.11. The second-order valence-electron chi connectivity index (χ2n) is 10.7. The molecule has 0 aromatic heterocycles. The lowest BCUT2D eigenvalue weighted by atomic mass is 10.0. The number of benzene rings is 3. The number of likely N-dealkylation sites (tertiary alicyclic amines) is 1. The number of anilines is 1. The van der Waals surface area contributed by atoms with Crippen LogP contribution in [0.3, 0.4) is 0 Å². The molecule has 2 atom stereocenters. The van der Waals surface area contributed by atoms with E-state index in [0.717, 1.165) is 17.7 Å². The molecule has 0 radical (unpaired) electrons. The maximum atomic E-state index is 13.7. The molecule has 0 unspecified atom stereocenters. The van der Waals surface area contributed by atoms with E-state index in [2.05, 4.69) is 9.62 Å². The highest BCUT2D eigenvalue weighted by Crippen LogP contribution is 2.33. The molecule has 1 aliphatic heterocycles. The van der Waals surface area contributed by atoms with Crippen molar-refractivity contribution in [1.29, 1.82) is 0 Å². The van der Waals surface area contributed by atoms with Gasteiger partial charge in [-0.3, -0.25) is 14.4 Å². The minimum atomic E-state index is -3.99. The van der Waals surface area contributed by atoms with Crippen molar-refractivity contribution in [1.82, 2.24) is 9.80 Å². The Hall–Kier alpha value is -3.11. The number of methoxy groups -OCH3 is 1. The Morgan fingerprint density at radius 3 is 2.49 bits per heavy atom. The van der Waals surface area contributed by atoms with Gasteiger partial charge in [-0.2, -0.15) is 0 Å². The molecule has 220 valence electrons. The summed E-state index contributed by atoms with van der Waals surface area (Å²) in [5.74, 6) is 0.465. The van der Waals surface area contributed by atoms with Gasteiger partial charge in [-0.15, -0.1) is 0 Å². The van der Waals surface area contributed by atoms with Crippen molar-refractivity contribution >= 4 is 33.2 Å². The number of carbonyl (C=O) groups is 1. The topological polar surface area (TPSA) is 99.2 Å². The van der Waals surface area contributed by atoms with E-state index in [1.54, 1.807) is 57.2 Å². The van der Waals surface area contributed by atoms with Gasteiger partial charge in [-0.1, -0.05) is 41.9 Å². The zero-order valence-electron chi connectivity index (χ0n) is 24.1. The first-order valence-corrected chi connectivity index (χ1v) is 15.4. The number of aliphatic hydroxyl groups excluding tert-OH is 1. The number of hydrogen-bond donors (Lipinski definition) is 2. The quantitative estimate of drug-likeness (QED) is 0.345. The third-order valence-corrected chi connectivity index (χ3v) is 9.58. The van der Waals surface area contributed by atoms with Gasteiger partial charge in [0, 0.05) is 31.7 Å². The minimum absolute atomic E-state index is 0.0550. The molecule has 1 fully saturated rings. The number of β-amino-alcohol motifs (C(OH)–C–C–N with tert-alkyl or cyclic N) is 1. The highest BCUT2D eigenvalue weighted by atomic mass is 35.5. The Balaban J connectivity index is 1.61. The van der Waals surface area contributed by atoms with Crippen LogP contribution < -0.4 is 9.46 Å². The standard InChI is InChI=1S/C31H38ClN3O5S/c1-20-15-29(21(2)22(3)31(20)40-5)41(38,39)33-27-12-11-25(32)16-24(27)17-30(37)34(4)28(23-9-7-6-8-10-23)19-35-14-13-26(36)18-35/h6-12,15-16,26,28,33,36H,13-14,17-19H2,1-5H3/t26-,28+/m0/s1. The van der Waals surface area contributed by atoms with Crippen molar-refractivity contribution in [3.8, 4) is 5.75 Å². The number of aryl methyl sites for hydroxylation is 1. The molecule has 8 nitrogen and oxygen atoms in total. The van der Waals surface area contributed by atoms with Crippen molar-refractivity contribution in [3.05, 3.63) is 87.4 Å². The summed E-state index contributed by atoms with van der Waals surface area (Å²) in [6.07, 6.45) is 0.287. The Kier molecular flexibility index (Phi) is 9.64. The Morgan fingerprint density at radius 2 is 1.85 bits per heavy atom. The Bertz CT molecular complexity index is 1510. The predicted octanol–water partition coefficient (Wildman–Crippen LogP) is 4.88. The zero-order valence-corrected chi connectivity index (χ0v) is 25.7. The second kappa shape index (κ2) is 12.8. The highest BCUT2D eigenvalue weighted by molar-refractivity contribution is 7.92. The van der Waals surface area contributed by atoms with Gasteiger partial charge in [0.2, 0.25) is 5.91 Å². The number of nitrogens with one attached hydrogen (secondary N) is 1. The third-order valence-electron chi connectivity index (χ3n) is 7.85. The Morgan fingerprint density at radius 1 is 1.15 bits per heavy atom. The van der Waals surface area contributed by atoms with Gasteiger partial charge in [-0.25, -0.2) is 8.42 Å². The lowest BCUT2D eigenvalue weighted by Gasteiger charge is -2.32. The van der Waals surface area contributed by atoms with Gasteiger partial charge in [0.1, 0.15) is 5.75 Å². The molecule has 0 spiro atoms. The van der Waals surface area contributed by atoms with E-state index in [4.69, 9.17) is 16.3 Å². The van der Waals surface area contributed by atoms with Crippen LogP contribution in [0.25, 0.3) is 0 Å². The molecule has 41 heavy (non-hydrogen) atoms. The first kappa shape index (κ1) is 30.8. The molecule has 1 heterocycles.